The summed E-state index contributed by atoms with van der Waals surface area (Å²) in [4.78, 5) is 24.7. The number of nitrogens with two attached hydrogens (primary N) is 1. The van der Waals surface area contributed by atoms with Crippen LogP contribution >= 0.6 is 7.37 Å². The van der Waals surface area contributed by atoms with Crippen molar-refractivity contribution < 1.29 is 19.4 Å². The van der Waals surface area contributed by atoms with E-state index in [9.17, 15) is 19.4 Å². The van der Waals surface area contributed by atoms with Crippen molar-refractivity contribution in [3.63, 3.8) is 0 Å². The summed E-state index contributed by atoms with van der Waals surface area (Å²) in [5.74, 6) is -1.19. The third-order valence-electron chi connectivity index (χ3n) is 5.72. The zero-order valence-electron chi connectivity index (χ0n) is 16.7. The molecule has 0 saturated carbocycles. The van der Waals surface area contributed by atoms with E-state index in [0.29, 0.717) is 32.5 Å². The lowest BCUT2D eigenvalue weighted by Crippen LogP contribution is -2.53. The minimum absolute atomic E-state index is 0.0202. The van der Waals surface area contributed by atoms with Gasteiger partial charge in [-0.25, -0.2) is 0 Å². The second kappa shape index (κ2) is 8.79. The lowest BCUT2D eigenvalue weighted by molar-refractivity contribution is -0.141. The SMILES string of the molecule is Cn1ccc(-c2ccccc2CN2CCP(=O)(O)[C@](CCCCN)(C(=O)O)C2)n1. The van der Waals surface area contributed by atoms with Crippen molar-refractivity contribution >= 4 is 13.3 Å². The second-order valence-corrected chi connectivity index (χ2v) is 10.5. The van der Waals surface area contributed by atoms with Gasteiger partial charge in [0.05, 0.1) is 5.69 Å². The van der Waals surface area contributed by atoms with Gasteiger partial charge < -0.3 is 15.7 Å². The first-order valence-electron chi connectivity index (χ1n) is 9.85. The lowest BCUT2D eigenvalue weighted by Gasteiger charge is -2.43. The van der Waals surface area contributed by atoms with E-state index in [1.807, 2.05) is 48.5 Å². The molecular weight excluding hydrogens is 391 g/mol. The zero-order valence-corrected chi connectivity index (χ0v) is 17.6. The molecule has 2 atom stereocenters. The molecule has 158 valence electrons. The fourth-order valence-electron chi connectivity index (χ4n) is 4.03. The first-order valence-corrected chi connectivity index (χ1v) is 11.7. The summed E-state index contributed by atoms with van der Waals surface area (Å²) in [6.07, 6.45) is 3.17. The highest BCUT2D eigenvalue weighted by Gasteiger charge is 2.56. The smallest absolute Gasteiger partial charge is 0.320 e. The van der Waals surface area contributed by atoms with Crippen LogP contribution in [0.2, 0.25) is 0 Å². The van der Waals surface area contributed by atoms with Crippen LogP contribution < -0.4 is 5.73 Å². The van der Waals surface area contributed by atoms with E-state index in [-0.39, 0.29) is 19.1 Å². The third kappa shape index (κ3) is 4.46. The molecule has 2 heterocycles. The maximum absolute atomic E-state index is 12.9. The number of hydrogen-bond donors (Lipinski definition) is 3. The molecule has 0 radical (unpaired) electrons. The average Bonchev–Trinajstić information content (AvgIpc) is 3.11. The van der Waals surface area contributed by atoms with Crippen LogP contribution in [-0.4, -0.2) is 61.6 Å². The summed E-state index contributed by atoms with van der Waals surface area (Å²) in [6.45, 7) is 1.37. The quantitative estimate of drug-likeness (QED) is 0.442. The fourth-order valence-corrected chi connectivity index (χ4v) is 6.24. The summed E-state index contributed by atoms with van der Waals surface area (Å²) < 4.78 is 14.7. The molecule has 29 heavy (non-hydrogen) atoms. The molecule has 1 unspecified atom stereocenters. The van der Waals surface area contributed by atoms with Gasteiger partial charge in [-0.3, -0.25) is 18.9 Å². The molecule has 0 amide bonds. The van der Waals surface area contributed by atoms with E-state index in [2.05, 4.69) is 5.10 Å². The fraction of sp³-hybridized carbons (Fsp3) is 0.500. The van der Waals surface area contributed by atoms with Gasteiger partial charge in [-0.05, 0) is 31.0 Å². The molecule has 1 aromatic carbocycles. The van der Waals surface area contributed by atoms with Gasteiger partial charge >= 0.3 is 5.97 Å². The molecule has 1 aliphatic rings. The van der Waals surface area contributed by atoms with Crippen LogP contribution in [0.1, 0.15) is 24.8 Å². The van der Waals surface area contributed by atoms with Crippen molar-refractivity contribution in [3.05, 3.63) is 42.1 Å². The number of aromatic nitrogens is 2. The number of nitrogens with zero attached hydrogens (tertiary/aromatic N) is 3. The first-order chi connectivity index (χ1) is 13.8. The Labute approximate surface area is 170 Å². The van der Waals surface area contributed by atoms with Gasteiger partial charge in [-0.1, -0.05) is 30.7 Å². The molecule has 1 fully saturated rings. The van der Waals surface area contributed by atoms with Gasteiger partial charge in [0.1, 0.15) is 0 Å². The predicted molar refractivity (Wildman–Crippen MR) is 112 cm³/mol. The number of carboxylic acids is 1. The summed E-state index contributed by atoms with van der Waals surface area (Å²) in [6, 6.07) is 9.80. The molecule has 2 aromatic rings. The Hall–Kier alpha value is -1.99. The monoisotopic (exact) mass is 420 g/mol. The Morgan fingerprint density at radius 1 is 1.31 bits per heavy atom. The van der Waals surface area contributed by atoms with Crippen molar-refractivity contribution in [1.82, 2.24) is 14.7 Å². The van der Waals surface area contributed by atoms with Gasteiger partial charge in [0.2, 0.25) is 7.37 Å². The molecule has 1 aliphatic heterocycles. The van der Waals surface area contributed by atoms with Gasteiger partial charge in [-0.15, -0.1) is 0 Å². The van der Waals surface area contributed by atoms with E-state index in [0.717, 1.165) is 16.8 Å². The van der Waals surface area contributed by atoms with Gasteiger partial charge in [-0.2, -0.15) is 5.10 Å². The topological polar surface area (TPSA) is 122 Å². The normalized spacial score (nSPS) is 25.2. The standard InChI is InChI=1S/C20H29N4O4P/c1-23-11-8-18(22-23)17-7-3-2-6-16(17)14-24-12-13-29(27,28)20(15-24,19(25)26)9-4-5-10-21/h2-3,6-8,11H,4-5,9-10,12-15,21H2,1H3,(H,25,26)(H,27,28)/t20-/m0/s1. The van der Waals surface area contributed by atoms with Gasteiger partial charge in [0, 0.05) is 44.6 Å². The van der Waals surface area contributed by atoms with Crippen LogP contribution in [0.4, 0.5) is 0 Å². The van der Waals surface area contributed by atoms with Gasteiger partial charge in [0.15, 0.2) is 5.16 Å². The highest BCUT2D eigenvalue weighted by molar-refractivity contribution is 7.61. The van der Waals surface area contributed by atoms with E-state index in [1.54, 1.807) is 4.68 Å². The molecular formula is C20H29N4O4P. The molecule has 8 nitrogen and oxygen atoms in total. The summed E-state index contributed by atoms with van der Waals surface area (Å²) in [7, 11) is -1.97. The number of aryl methyl sites for hydroxylation is 1. The zero-order chi connectivity index (χ0) is 21.1. The minimum Gasteiger partial charge on any atom is -0.480 e. The molecule has 0 aliphatic carbocycles. The van der Waals surface area contributed by atoms with Crippen LogP contribution in [0, 0.1) is 0 Å². The highest BCUT2D eigenvalue weighted by atomic mass is 31.2. The van der Waals surface area contributed by atoms with Crippen molar-refractivity contribution in [2.24, 2.45) is 12.8 Å². The van der Waals surface area contributed by atoms with Gasteiger partial charge in [0.25, 0.3) is 0 Å². The number of hydrogen-bond acceptors (Lipinski definition) is 5. The number of unbranched alkanes of at least 4 members (excludes halogenated alkanes) is 1. The summed E-state index contributed by atoms with van der Waals surface area (Å²) >= 11 is 0. The summed E-state index contributed by atoms with van der Waals surface area (Å²) in [5, 5.41) is 12.8. The molecule has 9 heteroatoms. The Morgan fingerprint density at radius 2 is 2.07 bits per heavy atom. The minimum atomic E-state index is -3.83. The third-order valence-corrected chi connectivity index (χ3v) is 8.42. The molecule has 0 spiro atoms. The highest BCUT2D eigenvalue weighted by Crippen LogP contribution is 2.59. The number of rotatable bonds is 8. The van der Waals surface area contributed by atoms with Crippen LogP contribution in [0.3, 0.4) is 0 Å². The van der Waals surface area contributed by atoms with Crippen molar-refractivity contribution in [3.8, 4) is 11.3 Å². The Balaban J connectivity index is 1.86. The Bertz CT molecular complexity index is 915. The number of carboxylic acid groups (broad SMARTS) is 1. The predicted octanol–water partition coefficient (Wildman–Crippen LogP) is 2.13. The molecule has 1 saturated heterocycles. The number of aliphatic carboxylic acids is 1. The van der Waals surface area contributed by atoms with Crippen LogP contribution in [0.5, 0.6) is 0 Å². The van der Waals surface area contributed by atoms with Crippen LogP contribution in [0.15, 0.2) is 36.5 Å². The van der Waals surface area contributed by atoms with Crippen LogP contribution in [-0.2, 0) is 23.0 Å². The van der Waals surface area contributed by atoms with E-state index in [4.69, 9.17) is 5.73 Å². The molecule has 3 rings (SSSR count). The molecule has 0 bridgehead atoms. The lowest BCUT2D eigenvalue weighted by atomic mass is 9.98. The largest absolute Gasteiger partial charge is 0.480 e. The van der Waals surface area contributed by atoms with E-state index >= 15 is 0 Å². The molecule has 1 aromatic heterocycles. The van der Waals surface area contributed by atoms with Crippen LogP contribution in [0.25, 0.3) is 11.3 Å². The Kier molecular flexibility index (Phi) is 6.58. The van der Waals surface area contributed by atoms with E-state index in [1.165, 1.54) is 0 Å². The Morgan fingerprint density at radius 3 is 2.72 bits per heavy atom. The number of benzene rings is 1. The first kappa shape index (κ1) is 21.7. The average molecular weight is 420 g/mol. The molecule has 4 N–H and O–H groups in total. The maximum Gasteiger partial charge on any atom is 0.320 e. The van der Waals surface area contributed by atoms with E-state index < -0.39 is 18.5 Å². The van der Waals surface area contributed by atoms with Crippen molar-refractivity contribution in [2.75, 3.05) is 25.8 Å². The number of carbonyl (C=O) groups is 1. The summed E-state index contributed by atoms with van der Waals surface area (Å²) in [5.41, 5.74) is 8.38. The second-order valence-electron chi connectivity index (χ2n) is 7.75. The maximum atomic E-state index is 12.9. The van der Waals surface area contributed by atoms with Crippen molar-refractivity contribution in [1.29, 1.82) is 0 Å². The van der Waals surface area contributed by atoms with Crippen molar-refractivity contribution in [2.45, 2.75) is 31.0 Å².